The zero-order valence-electron chi connectivity index (χ0n) is 8.22. The first kappa shape index (κ1) is 9.99. The third kappa shape index (κ3) is 2.49. The van der Waals surface area contributed by atoms with Gasteiger partial charge in [-0.3, -0.25) is 0 Å². The molecule has 0 radical (unpaired) electrons. The Morgan fingerprint density at radius 3 is 2.93 bits per heavy atom. The van der Waals surface area contributed by atoms with Crippen LogP contribution in [0.25, 0.3) is 0 Å². The zero-order valence-corrected chi connectivity index (χ0v) is 9.03. The molecule has 3 heteroatoms. The van der Waals surface area contributed by atoms with Gasteiger partial charge in [-0.05, 0) is 42.9 Å². The fraction of sp³-hybridized carbons (Fsp3) is 0.455. The number of thioether (sulfide) groups is 1. The minimum atomic E-state index is -0.143. The number of hydrogen-bond acceptors (Lipinski definition) is 2. The van der Waals surface area contributed by atoms with Gasteiger partial charge in [0, 0.05) is 17.5 Å². The Balaban J connectivity index is 2.07. The molecule has 1 saturated carbocycles. The topological polar surface area (TPSA) is 12.0 Å². The summed E-state index contributed by atoms with van der Waals surface area (Å²) in [6.07, 6.45) is 4.56. The number of hydrogen-bond donors (Lipinski definition) is 1. The van der Waals surface area contributed by atoms with Crippen molar-refractivity contribution in [3.8, 4) is 0 Å². The summed E-state index contributed by atoms with van der Waals surface area (Å²) in [6.45, 7) is 0.790. The molecule has 1 aromatic rings. The fourth-order valence-electron chi connectivity index (χ4n) is 1.43. The summed E-state index contributed by atoms with van der Waals surface area (Å²) in [6, 6.07) is 5.67. The lowest BCUT2D eigenvalue weighted by Crippen LogP contribution is -2.15. The summed E-state index contributed by atoms with van der Waals surface area (Å²) in [5.74, 6) is -0.143. The van der Waals surface area contributed by atoms with Crippen LogP contribution in [0.15, 0.2) is 23.1 Å². The monoisotopic (exact) mass is 211 g/mol. The molecule has 1 aliphatic carbocycles. The largest absolute Gasteiger partial charge is 0.310 e. The second-order valence-electron chi connectivity index (χ2n) is 3.61. The molecule has 0 atom stereocenters. The van der Waals surface area contributed by atoms with Gasteiger partial charge in [0.2, 0.25) is 0 Å². The van der Waals surface area contributed by atoms with E-state index in [1.807, 2.05) is 12.3 Å². The first-order valence-electron chi connectivity index (χ1n) is 4.85. The highest BCUT2D eigenvalue weighted by Gasteiger charge is 2.20. The van der Waals surface area contributed by atoms with Gasteiger partial charge in [0.25, 0.3) is 0 Å². The molecule has 0 spiro atoms. The average molecular weight is 211 g/mol. The summed E-state index contributed by atoms with van der Waals surface area (Å²) in [5, 5.41) is 3.39. The lowest BCUT2D eigenvalue weighted by atomic mass is 10.2. The first-order valence-corrected chi connectivity index (χ1v) is 6.08. The standard InChI is InChI=1S/C11H14FNS/c1-14-11-5-2-9(12)6-8(11)7-13-10-3-4-10/h2,5-6,10,13H,3-4,7H2,1H3. The highest BCUT2D eigenvalue weighted by Crippen LogP contribution is 2.23. The van der Waals surface area contributed by atoms with Crippen LogP contribution >= 0.6 is 11.8 Å². The molecule has 0 unspecified atom stereocenters. The molecule has 0 aromatic heterocycles. The van der Waals surface area contributed by atoms with Gasteiger partial charge in [0.1, 0.15) is 5.82 Å². The highest BCUT2D eigenvalue weighted by atomic mass is 32.2. The summed E-state index contributed by atoms with van der Waals surface area (Å²) in [5.41, 5.74) is 1.07. The van der Waals surface area contributed by atoms with Crippen LogP contribution < -0.4 is 5.32 Å². The quantitative estimate of drug-likeness (QED) is 0.769. The van der Waals surface area contributed by atoms with E-state index in [0.717, 1.165) is 12.1 Å². The number of rotatable bonds is 4. The van der Waals surface area contributed by atoms with Crippen molar-refractivity contribution < 1.29 is 4.39 Å². The zero-order chi connectivity index (χ0) is 9.97. The predicted molar refractivity (Wildman–Crippen MR) is 58.0 cm³/mol. The maximum absolute atomic E-state index is 13.0. The van der Waals surface area contributed by atoms with Crippen LogP contribution in [-0.2, 0) is 6.54 Å². The second-order valence-corrected chi connectivity index (χ2v) is 4.46. The van der Waals surface area contributed by atoms with E-state index in [1.165, 1.54) is 23.8 Å². The van der Waals surface area contributed by atoms with Crippen LogP contribution in [0.2, 0.25) is 0 Å². The van der Waals surface area contributed by atoms with Crippen molar-refractivity contribution in [2.75, 3.05) is 6.26 Å². The van der Waals surface area contributed by atoms with E-state index in [4.69, 9.17) is 0 Å². The molecule has 1 aliphatic rings. The third-order valence-electron chi connectivity index (χ3n) is 2.40. The molecule has 14 heavy (non-hydrogen) atoms. The molecule has 0 heterocycles. The Morgan fingerprint density at radius 1 is 1.50 bits per heavy atom. The SMILES string of the molecule is CSc1ccc(F)cc1CNC1CC1. The van der Waals surface area contributed by atoms with Crippen molar-refractivity contribution in [1.29, 1.82) is 0 Å². The van der Waals surface area contributed by atoms with Gasteiger partial charge in [-0.25, -0.2) is 4.39 Å². The van der Waals surface area contributed by atoms with E-state index in [2.05, 4.69) is 5.32 Å². The minimum absolute atomic E-state index is 0.143. The van der Waals surface area contributed by atoms with E-state index >= 15 is 0 Å². The highest BCUT2D eigenvalue weighted by molar-refractivity contribution is 7.98. The van der Waals surface area contributed by atoms with Crippen LogP contribution in [0.4, 0.5) is 4.39 Å². The molecule has 0 bridgehead atoms. The molecule has 1 fully saturated rings. The van der Waals surface area contributed by atoms with Crippen molar-refractivity contribution in [2.45, 2.75) is 30.3 Å². The molecule has 1 N–H and O–H groups in total. The van der Waals surface area contributed by atoms with Gasteiger partial charge in [0.15, 0.2) is 0 Å². The third-order valence-corrected chi connectivity index (χ3v) is 3.24. The molecular weight excluding hydrogens is 197 g/mol. The molecule has 0 saturated heterocycles. The van der Waals surface area contributed by atoms with E-state index in [1.54, 1.807) is 17.8 Å². The summed E-state index contributed by atoms with van der Waals surface area (Å²) < 4.78 is 13.0. The normalized spacial score (nSPS) is 15.9. The first-order chi connectivity index (χ1) is 6.79. The maximum atomic E-state index is 13.0. The summed E-state index contributed by atoms with van der Waals surface area (Å²) in [4.78, 5) is 1.17. The number of halogens is 1. The minimum Gasteiger partial charge on any atom is -0.310 e. The molecule has 76 valence electrons. The molecule has 2 rings (SSSR count). The van der Waals surface area contributed by atoms with Crippen molar-refractivity contribution in [3.63, 3.8) is 0 Å². The van der Waals surface area contributed by atoms with Crippen molar-refractivity contribution in [2.24, 2.45) is 0 Å². The Bertz CT molecular complexity index is 323. The molecule has 1 aromatic carbocycles. The van der Waals surface area contributed by atoms with Gasteiger partial charge in [-0.2, -0.15) is 0 Å². The summed E-state index contributed by atoms with van der Waals surface area (Å²) in [7, 11) is 0. The second kappa shape index (κ2) is 4.32. The van der Waals surface area contributed by atoms with Crippen molar-refractivity contribution in [1.82, 2.24) is 5.32 Å². The van der Waals surface area contributed by atoms with Crippen molar-refractivity contribution >= 4 is 11.8 Å². The summed E-state index contributed by atoms with van der Waals surface area (Å²) >= 11 is 1.67. The Morgan fingerprint density at radius 2 is 2.29 bits per heavy atom. The Hall–Kier alpha value is -0.540. The lowest BCUT2D eigenvalue weighted by Gasteiger charge is -2.08. The Labute approximate surface area is 88.1 Å². The smallest absolute Gasteiger partial charge is 0.123 e. The fourth-order valence-corrected chi connectivity index (χ4v) is 2.02. The molecular formula is C11H14FNS. The van der Waals surface area contributed by atoms with Gasteiger partial charge >= 0.3 is 0 Å². The van der Waals surface area contributed by atoms with Crippen LogP contribution in [0.3, 0.4) is 0 Å². The van der Waals surface area contributed by atoms with E-state index < -0.39 is 0 Å². The van der Waals surface area contributed by atoms with Crippen LogP contribution in [0, 0.1) is 5.82 Å². The van der Waals surface area contributed by atoms with E-state index in [-0.39, 0.29) is 5.82 Å². The lowest BCUT2D eigenvalue weighted by molar-refractivity contribution is 0.616. The van der Waals surface area contributed by atoms with Gasteiger partial charge in [0.05, 0.1) is 0 Å². The van der Waals surface area contributed by atoms with Crippen LogP contribution in [-0.4, -0.2) is 12.3 Å². The van der Waals surface area contributed by atoms with Gasteiger partial charge in [-0.1, -0.05) is 0 Å². The number of nitrogens with one attached hydrogen (secondary N) is 1. The molecule has 1 nitrogen and oxygen atoms in total. The average Bonchev–Trinajstić information content (AvgIpc) is 2.98. The maximum Gasteiger partial charge on any atom is 0.123 e. The molecule has 0 aliphatic heterocycles. The van der Waals surface area contributed by atoms with Crippen molar-refractivity contribution in [3.05, 3.63) is 29.6 Å². The number of benzene rings is 1. The van der Waals surface area contributed by atoms with E-state index in [9.17, 15) is 4.39 Å². The van der Waals surface area contributed by atoms with Crippen LogP contribution in [0.5, 0.6) is 0 Å². The van der Waals surface area contributed by atoms with Gasteiger partial charge < -0.3 is 5.32 Å². The predicted octanol–water partition coefficient (Wildman–Crippen LogP) is 2.80. The van der Waals surface area contributed by atoms with Gasteiger partial charge in [-0.15, -0.1) is 11.8 Å². The molecule has 0 amide bonds. The van der Waals surface area contributed by atoms with E-state index in [0.29, 0.717) is 6.04 Å². The van der Waals surface area contributed by atoms with Crippen LogP contribution in [0.1, 0.15) is 18.4 Å². The Kier molecular flexibility index (Phi) is 3.08.